The van der Waals surface area contributed by atoms with E-state index in [0.717, 1.165) is 30.5 Å². The van der Waals surface area contributed by atoms with Crippen LogP contribution in [0.3, 0.4) is 0 Å². The second-order valence-electron chi connectivity index (χ2n) is 5.01. The molecule has 0 amide bonds. The van der Waals surface area contributed by atoms with Gasteiger partial charge in [0.15, 0.2) is 5.03 Å². The fourth-order valence-electron chi connectivity index (χ4n) is 2.22. The number of aromatic amines is 1. The topological polar surface area (TPSA) is 78.1 Å². The smallest absolute Gasteiger partial charge is 0.262 e. The summed E-state index contributed by atoms with van der Waals surface area (Å²) in [5.41, 5.74) is 1.55. The molecule has 1 aromatic rings. The fraction of sp³-hybridized carbons (Fsp3) is 0.750. The largest absolute Gasteiger partial charge is 0.316 e. The number of aromatic nitrogens is 2. The molecule has 1 aliphatic rings. The van der Waals surface area contributed by atoms with Crippen molar-refractivity contribution in [3.05, 3.63) is 11.3 Å². The minimum absolute atomic E-state index is 0.171. The molecule has 7 heteroatoms. The highest BCUT2D eigenvalue weighted by Gasteiger charge is 2.39. The molecule has 0 bridgehead atoms. The first-order chi connectivity index (χ1) is 9.02. The van der Waals surface area contributed by atoms with Gasteiger partial charge in [0, 0.05) is 30.4 Å². The van der Waals surface area contributed by atoms with Crippen LogP contribution in [-0.4, -0.2) is 42.6 Å². The lowest BCUT2D eigenvalue weighted by atomic mass is 10.3. The van der Waals surface area contributed by atoms with E-state index in [-0.39, 0.29) is 11.1 Å². The molecule has 19 heavy (non-hydrogen) atoms. The van der Waals surface area contributed by atoms with Crippen molar-refractivity contribution >= 4 is 10.0 Å². The predicted molar refractivity (Wildman–Crippen MR) is 73.3 cm³/mol. The average molecular weight is 286 g/mol. The molecular formula is C12H22N4O2S. The van der Waals surface area contributed by atoms with Crippen LogP contribution in [0.1, 0.15) is 37.4 Å². The van der Waals surface area contributed by atoms with Gasteiger partial charge in [-0.2, -0.15) is 9.40 Å². The lowest BCUT2D eigenvalue weighted by Gasteiger charge is -2.20. The molecule has 0 saturated heterocycles. The fourth-order valence-corrected chi connectivity index (χ4v) is 4.17. The number of nitrogens with zero attached hydrogens (tertiary/aromatic N) is 2. The van der Waals surface area contributed by atoms with Crippen molar-refractivity contribution in [2.24, 2.45) is 0 Å². The molecule has 1 saturated carbocycles. The molecule has 1 fully saturated rings. The highest BCUT2D eigenvalue weighted by molar-refractivity contribution is 7.89. The van der Waals surface area contributed by atoms with Crippen LogP contribution in [0.15, 0.2) is 5.03 Å². The van der Waals surface area contributed by atoms with Crippen molar-refractivity contribution in [2.45, 2.75) is 50.7 Å². The van der Waals surface area contributed by atoms with Gasteiger partial charge in [0.05, 0.1) is 0 Å². The monoisotopic (exact) mass is 286 g/mol. The molecule has 0 radical (unpaired) electrons. The van der Waals surface area contributed by atoms with Gasteiger partial charge in [-0.15, -0.1) is 0 Å². The number of nitrogens with one attached hydrogen (secondary N) is 2. The van der Waals surface area contributed by atoms with E-state index in [9.17, 15) is 8.42 Å². The summed E-state index contributed by atoms with van der Waals surface area (Å²) in [6.45, 7) is 4.91. The first-order valence-electron chi connectivity index (χ1n) is 6.72. The van der Waals surface area contributed by atoms with E-state index in [1.54, 1.807) is 11.4 Å². The Kier molecular flexibility index (Phi) is 4.27. The number of H-pyrrole nitrogens is 1. The lowest BCUT2D eigenvalue weighted by Crippen LogP contribution is -2.34. The van der Waals surface area contributed by atoms with Crippen LogP contribution < -0.4 is 5.32 Å². The average Bonchev–Trinajstić information content (AvgIpc) is 3.12. The SMILES string of the molecule is CCCN(C1CC1)S(=O)(=O)c1n[nH]c(C)c1CNC. The van der Waals surface area contributed by atoms with E-state index < -0.39 is 10.0 Å². The van der Waals surface area contributed by atoms with Crippen molar-refractivity contribution < 1.29 is 8.42 Å². The number of hydrogen-bond acceptors (Lipinski definition) is 4. The molecule has 6 nitrogen and oxygen atoms in total. The summed E-state index contributed by atoms with van der Waals surface area (Å²) in [6, 6.07) is 0.171. The zero-order chi connectivity index (χ0) is 14.0. The summed E-state index contributed by atoms with van der Waals surface area (Å²) in [6.07, 6.45) is 2.74. The molecule has 0 unspecified atom stereocenters. The number of rotatable bonds is 7. The van der Waals surface area contributed by atoms with Gasteiger partial charge >= 0.3 is 0 Å². The Labute approximate surface area is 114 Å². The first kappa shape index (κ1) is 14.5. The van der Waals surface area contributed by atoms with Crippen molar-refractivity contribution in [1.82, 2.24) is 19.8 Å². The molecule has 0 aromatic carbocycles. The molecule has 0 aliphatic heterocycles. The molecule has 1 heterocycles. The molecule has 108 valence electrons. The van der Waals surface area contributed by atoms with E-state index in [4.69, 9.17) is 0 Å². The third-order valence-electron chi connectivity index (χ3n) is 3.34. The Balaban J connectivity index is 2.37. The molecule has 0 spiro atoms. The van der Waals surface area contributed by atoms with Gasteiger partial charge in [-0.25, -0.2) is 8.42 Å². The Bertz CT molecular complexity index is 534. The standard InChI is InChI=1S/C12H22N4O2S/c1-4-7-16(10-5-6-10)19(17,18)12-11(8-13-3)9(2)14-15-12/h10,13H,4-8H2,1-3H3,(H,14,15). The van der Waals surface area contributed by atoms with Crippen LogP contribution in [0.4, 0.5) is 0 Å². The maximum atomic E-state index is 12.7. The predicted octanol–water partition coefficient (Wildman–Crippen LogP) is 1.00. The van der Waals surface area contributed by atoms with Crippen LogP contribution >= 0.6 is 0 Å². The maximum absolute atomic E-state index is 12.7. The van der Waals surface area contributed by atoms with Crippen LogP contribution in [0.5, 0.6) is 0 Å². The van der Waals surface area contributed by atoms with Crippen molar-refractivity contribution in [3.8, 4) is 0 Å². The number of aryl methyl sites for hydroxylation is 1. The number of hydrogen-bond donors (Lipinski definition) is 2. The quantitative estimate of drug-likeness (QED) is 0.784. The van der Waals surface area contributed by atoms with Crippen molar-refractivity contribution in [3.63, 3.8) is 0 Å². The van der Waals surface area contributed by atoms with Gasteiger partial charge in [0.25, 0.3) is 10.0 Å². The van der Waals surface area contributed by atoms with Gasteiger partial charge in [-0.3, -0.25) is 5.10 Å². The van der Waals surface area contributed by atoms with E-state index in [2.05, 4.69) is 15.5 Å². The molecular weight excluding hydrogens is 264 g/mol. The lowest BCUT2D eigenvalue weighted by molar-refractivity contribution is 0.400. The molecule has 2 rings (SSSR count). The van der Waals surface area contributed by atoms with Gasteiger partial charge in [-0.1, -0.05) is 6.92 Å². The van der Waals surface area contributed by atoms with E-state index in [1.807, 2.05) is 13.8 Å². The van der Waals surface area contributed by atoms with Crippen molar-refractivity contribution in [1.29, 1.82) is 0 Å². The summed E-state index contributed by atoms with van der Waals surface area (Å²) in [5.74, 6) is 0. The van der Waals surface area contributed by atoms with E-state index in [1.165, 1.54) is 0 Å². The summed E-state index contributed by atoms with van der Waals surface area (Å²) < 4.78 is 27.1. The van der Waals surface area contributed by atoms with Crippen LogP contribution in [0.2, 0.25) is 0 Å². The minimum atomic E-state index is -3.48. The number of sulfonamides is 1. The third kappa shape index (κ3) is 2.82. The van der Waals surface area contributed by atoms with Crippen LogP contribution in [0, 0.1) is 6.92 Å². The maximum Gasteiger partial charge on any atom is 0.262 e. The second kappa shape index (κ2) is 5.60. The Morgan fingerprint density at radius 2 is 2.16 bits per heavy atom. The molecule has 1 aromatic heterocycles. The van der Waals surface area contributed by atoms with E-state index >= 15 is 0 Å². The van der Waals surface area contributed by atoms with Gasteiger partial charge in [0.2, 0.25) is 0 Å². The van der Waals surface area contributed by atoms with Crippen LogP contribution in [-0.2, 0) is 16.6 Å². The Morgan fingerprint density at radius 1 is 1.47 bits per heavy atom. The highest BCUT2D eigenvalue weighted by atomic mass is 32.2. The van der Waals surface area contributed by atoms with Crippen molar-refractivity contribution in [2.75, 3.05) is 13.6 Å². The Hall–Kier alpha value is -0.920. The third-order valence-corrected chi connectivity index (χ3v) is 5.27. The molecule has 2 N–H and O–H groups in total. The molecule has 1 aliphatic carbocycles. The highest BCUT2D eigenvalue weighted by Crippen LogP contribution is 2.32. The summed E-state index contributed by atoms with van der Waals surface area (Å²) in [7, 11) is -1.68. The van der Waals surface area contributed by atoms with Gasteiger partial charge < -0.3 is 5.32 Å². The van der Waals surface area contributed by atoms with Crippen LogP contribution in [0.25, 0.3) is 0 Å². The summed E-state index contributed by atoms with van der Waals surface area (Å²) >= 11 is 0. The zero-order valence-electron chi connectivity index (χ0n) is 11.7. The normalized spacial score (nSPS) is 16.2. The minimum Gasteiger partial charge on any atom is -0.316 e. The van der Waals surface area contributed by atoms with Gasteiger partial charge in [0.1, 0.15) is 0 Å². The molecule has 0 atom stereocenters. The Morgan fingerprint density at radius 3 is 2.68 bits per heavy atom. The second-order valence-corrected chi connectivity index (χ2v) is 6.82. The summed E-state index contributed by atoms with van der Waals surface area (Å²) in [5, 5.41) is 9.99. The summed E-state index contributed by atoms with van der Waals surface area (Å²) in [4.78, 5) is 0. The zero-order valence-corrected chi connectivity index (χ0v) is 12.5. The van der Waals surface area contributed by atoms with Gasteiger partial charge in [-0.05, 0) is 33.2 Å². The first-order valence-corrected chi connectivity index (χ1v) is 8.16. The van der Waals surface area contributed by atoms with E-state index in [0.29, 0.717) is 13.1 Å².